The third-order valence-electron chi connectivity index (χ3n) is 7.23. The highest BCUT2D eigenvalue weighted by Gasteiger charge is 2.29. The van der Waals surface area contributed by atoms with Gasteiger partial charge in [-0.05, 0) is 64.8 Å². The molecule has 0 amide bonds. The van der Waals surface area contributed by atoms with Gasteiger partial charge in [-0.25, -0.2) is 4.79 Å². The van der Waals surface area contributed by atoms with Crippen LogP contribution in [0, 0.1) is 6.92 Å². The minimum atomic E-state index is -1.10. The molecule has 5 rings (SSSR count). The number of carboxylic acids is 1. The van der Waals surface area contributed by atoms with Crippen LogP contribution in [0.4, 0.5) is 0 Å². The number of methoxy groups -OCH3 is 1. The van der Waals surface area contributed by atoms with Crippen LogP contribution in [0.2, 0.25) is 0 Å². The SMILES string of the molecule is COc1c(OCc2cccc(C)c2)cc2oc3cc4c(c(OC/C=C/C(=O)O)c3c(=O)c2c1CC=C(C)C)C=CC(C)(C)O4. The lowest BCUT2D eigenvalue weighted by Gasteiger charge is -2.29. The number of ether oxygens (including phenoxy) is 4. The van der Waals surface area contributed by atoms with E-state index >= 15 is 0 Å². The molecule has 0 saturated carbocycles. The van der Waals surface area contributed by atoms with Crippen LogP contribution in [0.25, 0.3) is 28.0 Å². The Morgan fingerprint density at radius 2 is 1.82 bits per heavy atom. The van der Waals surface area contributed by atoms with Crippen molar-refractivity contribution >= 4 is 34.0 Å². The fraction of sp³-hybridized carbons (Fsp3) is 0.278. The van der Waals surface area contributed by atoms with Gasteiger partial charge in [0, 0.05) is 23.8 Å². The number of hydrogen-bond acceptors (Lipinski definition) is 7. The van der Waals surface area contributed by atoms with Gasteiger partial charge in [-0.3, -0.25) is 4.79 Å². The molecule has 8 nitrogen and oxygen atoms in total. The number of benzene rings is 3. The molecule has 0 atom stereocenters. The molecule has 44 heavy (non-hydrogen) atoms. The Balaban J connectivity index is 1.76. The second kappa shape index (κ2) is 12.3. The number of hydrogen-bond donors (Lipinski definition) is 1. The van der Waals surface area contributed by atoms with Crippen molar-refractivity contribution in [1.82, 2.24) is 0 Å². The van der Waals surface area contributed by atoms with Crippen LogP contribution in [0.5, 0.6) is 23.0 Å². The minimum absolute atomic E-state index is 0.0771. The molecule has 1 aromatic heterocycles. The first-order valence-corrected chi connectivity index (χ1v) is 14.4. The second-order valence-corrected chi connectivity index (χ2v) is 11.5. The van der Waals surface area contributed by atoms with Crippen LogP contribution in [0.15, 0.2) is 75.5 Å². The smallest absolute Gasteiger partial charge is 0.328 e. The topological polar surface area (TPSA) is 104 Å². The highest BCUT2D eigenvalue weighted by molar-refractivity contribution is 5.99. The summed E-state index contributed by atoms with van der Waals surface area (Å²) in [4.78, 5) is 25.5. The van der Waals surface area contributed by atoms with E-state index in [-0.39, 0.29) is 28.8 Å². The zero-order valence-corrected chi connectivity index (χ0v) is 25.8. The summed E-state index contributed by atoms with van der Waals surface area (Å²) < 4.78 is 30.9. The summed E-state index contributed by atoms with van der Waals surface area (Å²) in [7, 11) is 1.55. The van der Waals surface area contributed by atoms with E-state index in [2.05, 4.69) is 6.07 Å². The van der Waals surface area contributed by atoms with Crippen molar-refractivity contribution in [1.29, 1.82) is 0 Å². The van der Waals surface area contributed by atoms with Crippen LogP contribution in [-0.2, 0) is 17.8 Å². The molecule has 0 unspecified atom stereocenters. The van der Waals surface area contributed by atoms with Crippen LogP contribution in [0.1, 0.15) is 49.9 Å². The molecule has 8 heteroatoms. The molecule has 0 fully saturated rings. The first kappa shape index (κ1) is 30.5. The van der Waals surface area contributed by atoms with E-state index in [0.717, 1.165) is 22.8 Å². The summed E-state index contributed by atoms with van der Waals surface area (Å²) in [6.45, 7) is 10.1. The summed E-state index contributed by atoms with van der Waals surface area (Å²) in [6.07, 6.45) is 8.51. The van der Waals surface area contributed by atoms with E-state index in [9.17, 15) is 9.59 Å². The maximum atomic E-state index is 14.5. The van der Waals surface area contributed by atoms with Crippen molar-refractivity contribution in [2.45, 2.75) is 53.2 Å². The number of rotatable bonds is 10. The first-order valence-electron chi connectivity index (χ1n) is 14.4. The van der Waals surface area contributed by atoms with Crippen LogP contribution >= 0.6 is 0 Å². The maximum Gasteiger partial charge on any atom is 0.328 e. The van der Waals surface area contributed by atoms with Crippen molar-refractivity contribution in [2.24, 2.45) is 0 Å². The molecule has 4 aromatic rings. The molecule has 0 radical (unpaired) electrons. The normalized spacial score (nSPS) is 13.5. The van der Waals surface area contributed by atoms with E-state index in [1.807, 2.05) is 71.0 Å². The standard InChI is InChI=1S/C36H36O8/c1-21(2)12-13-25-31-27(19-29(34(25)40-6)42-20-23-10-7-9-22(3)17-23)43-28-18-26-24(14-15-36(4,5)44-26)35(32(28)33(31)39)41-16-8-11-30(37)38/h7-12,14-15,17-19H,13,16,20H2,1-6H3,(H,37,38)/b11-8+. The highest BCUT2D eigenvalue weighted by atomic mass is 16.5. The van der Waals surface area contributed by atoms with Crippen LogP contribution in [-0.4, -0.2) is 30.4 Å². The highest BCUT2D eigenvalue weighted by Crippen LogP contribution is 2.44. The largest absolute Gasteiger partial charge is 0.493 e. The van der Waals surface area contributed by atoms with Crippen molar-refractivity contribution < 1.29 is 33.3 Å². The third-order valence-corrected chi connectivity index (χ3v) is 7.23. The van der Waals surface area contributed by atoms with Gasteiger partial charge < -0.3 is 28.5 Å². The molecular weight excluding hydrogens is 560 g/mol. The molecule has 0 bridgehead atoms. The number of allylic oxidation sites excluding steroid dienone is 2. The number of fused-ring (bicyclic) bond motifs is 3. The average Bonchev–Trinajstić information content (AvgIpc) is 2.95. The second-order valence-electron chi connectivity index (χ2n) is 11.5. The molecule has 1 aliphatic heterocycles. The van der Waals surface area contributed by atoms with Crippen molar-refractivity contribution in [2.75, 3.05) is 13.7 Å². The van der Waals surface area contributed by atoms with Gasteiger partial charge in [0.25, 0.3) is 0 Å². The van der Waals surface area contributed by atoms with Gasteiger partial charge in [0.15, 0.2) is 11.5 Å². The number of carboxylic acid groups (broad SMARTS) is 1. The number of aryl methyl sites for hydroxylation is 1. The number of aliphatic carboxylic acids is 1. The quantitative estimate of drug-likeness (QED) is 0.114. The Morgan fingerprint density at radius 3 is 2.52 bits per heavy atom. The molecule has 1 N–H and O–H groups in total. The lowest BCUT2D eigenvalue weighted by Crippen LogP contribution is -2.27. The van der Waals surface area contributed by atoms with Crippen molar-refractivity contribution in [3.63, 3.8) is 0 Å². The van der Waals surface area contributed by atoms with E-state index in [4.69, 9.17) is 28.5 Å². The lowest BCUT2D eigenvalue weighted by molar-refractivity contribution is -0.131. The van der Waals surface area contributed by atoms with Gasteiger partial charge >= 0.3 is 5.97 Å². The molecule has 1 aliphatic rings. The Labute approximate surface area is 255 Å². The van der Waals surface area contributed by atoms with Gasteiger partial charge in [-0.15, -0.1) is 0 Å². The van der Waals surface area contributed by atoms with E-state index in [1.54, 1.807) is 19.2 Å². The zero-order valence-electron chi connectivity index (χ0n) is 25.8. The Bertz CT molecular complexity index is 1900. The molecule has 0 saturated heterocycles. The van der Waals surface area contributed by atoms with Crippen molar-refractivity contribution in [3.8, 4) is 23.0 Å². The van der Waals surface area contributed by atoms with Crippen molar-refractivity contribution in [3.05, 3.63) is 98.8 Å². The van der Waals surface area contributed by atoms with Crippen LogP contribution < -0.4 is 24.4 Å². The summed E-state index contributed by atoms with van der Waals surface area (Å²) in [5.74, 6) is 0.542. The van der Waals surface area contributed by atoms with Crippen LogP contribution in [0.3, 0.4) is 0 Å². The van der Waals surface area contributed by atoms with E-state index < -0.39 is 11.6 Å². The third kappa shape index (κ3) is 6.34. The van der Waals surface area contributed by atoms with Gasteiger partial charge in [-0.1, -0.05) is 41.5 Å². The average molecular weight is 597 g/mol. The summed E-state index contributed by atoms with van der Waals surface area (Å²) in [6, 6.07) is 11.4. The van der Waals surface area contributed by atoms with Gasteiger partial charge in [0.1, 0.15) is 46.9 Å². The summed E-state index contributed by atoms with van der Waals surface area (Å²) in [5, 5.41) is 9.61. The van der Waals surface area contributed by atoms with E-state index in [1.165, 1.54) is 6.08 Å². The molecule has 3 aromatic carbocycles. The Hall–Kier alpha value is -4.98. The number of carbonyl (C=O) groups is 1. The fourth-order valence-electron chi connectivity index (χ4n) is 5.23. The van der Waals surface area contributed by atoms with E-state index in [0.29, 0.717) is 52.4 Å². The lowest BCUT2D eigenvalue weighted by atomic mass is 9.97. The molecular formula is C36H36O8. The molecule has 0 aliphatic carbocycles. The molecule has 2 heterocycles. The van der Waals surface area contributed by atoms with Gasteiger partial charge in [0.2, 0.25) is 5.43 Å². The maximum absolute atomic E-state index is 14.5. The van der Waals surface area contributed by atoms with Gasteiger partial charge in [0.05, 0.1) is 18.1 Å². The van der Waals surface area contributed by atoms with Gasteiger partial charge in [-0.2, -0.15) is 0 Å². The predicted molar refractivity (Wildman–Crippen MR) is 171 cm³/mol. The summed E-state index contributed by atoms with van der Waals surface area (Å²) in [5.41, 5.74) is 4.10. The minimum Gasteiger partial charge on any atom is -0.493 e. The Kier molecular flexibility index (Phi) is 8.54. The zero-order chi connectivity index (χ0) is 31.6. The molecule has 228 valence electrons. The Morgan fingerprint density at radius 1 is 1.05 bits per heavy atom. The molecule has 0 spiro atoms. The monoisotopic (exact) mass is 596 g/mol. The fourth-order valence-corrected chi connectivity index (χ4v) is 5.23. The predicted octanol–water partition coefficient (Wildman–Crippen LogP) is 7.55. The first-order chi connectivity index (χ1) is 21.0. The summed E-state index contributed by atoms with van der Waals surface area (Å²) >= 11 is 0.